The average Bonchev–Trinajstić information content (AvgIpc) is 3.36. The fraction of sp³-hybridized carbons (Fsp3) is 0.278. The Morgan fingerprint density at radius 3 is 2.77 bits per heavy atom. The Morgan fingerprint density at radius 1 is 1.27 bits per heavy atom. The molecule has 4 rings (SSSR count). The molecule has 1 N–H and O–H groups in total. The van der Waals surface area contributed by atoms with E-state index in [0.717, 1.165) is 34.6 Å². The van der Waals surface area contributed by atoms with Crippen molar-refractivity contribution in [2.45, 2.75) is 30.6 Å². The predicted molar refractivity (Wildman–Crippen MR) is 103 cm³/mol. The van der Waals surface area contributed by atoms with Crippen LogP contribution in [0.5, 0.6) is 11.6 Å². The summed E-state index contributed by atoms with van der Waals surface area (Å²) >= 11 is 7.84. The van der Waals surface area contributed by atoms with Crippen molar-refractivity contribution < 1.29 is 4.74 Å². The van der Waals surface area contributed by atoms with Crippen LogP contribution in [0.1, 0.15) is 29.9 Å². The summed E-state index contributed by atoms with van der Waals surface area (Å²) in [5.74, 6) is 2.09. The Morgan fingerprint density at radius 2 is 2.08 bits per heavy atom. The topological polar surface area (TPSA) is 64.9 Å². The molecule has 1 saturated carbocycles. The van der Waals surface area contributed by atoms with Crippen LogP contribution in [0.25, 0.3) is 0 Å². The number of para-hydroxylation sites is 1. The van der Waals surface area contributed by atoms with Gasteiger partial charge in [-0.3, -0.25) is 9.40 Å². The van der Waals surface area contributed by atoms with Crippen molar-refractivity contribution in [1.82, 2.24) is 19.7 Å². The van der Waals surface area contributed by atoms with Crippen molar-refractivity contribution in [2.75, 3.05) is 4.72 Å². The molecule has 0 spiro atoms. The maximum Gasteiger partial charge on any atom is 0.237 e. The lowest BCUT2D eigenvalue weighted by Crippen LogP contribution is -2.02. The molecule has 8 heteroatoms. The molecule has 0 radical (unpaired) electrons. The third-order valence-electron chi connectivity index (χ3n) is 4.09. The molecule has 0 atom stereocenters. The van der Waals surface area contributed by atoms with Gasteiger partial charge >= 0.3 is 0 Å². The van der Waals surface area contributed by atoms with Gasteiger partial charge in [0.1, 0.15) is 10.9 Å². The van der Waals surface area contributed by atoms with Gasteiger partial charge in [0, 0.05) is 13.2 Å². The zero-order valence-corrected chi connectivity index (χ0v) is 16.0. The maximum atomic E-state index is 6.46. The summed E-state index contributed by atoms with van der Waals surface area (Å²) in [6, 6.07) is 7.86. The van der Waals surface area contributed by atoms with Crippen LogP contribution in [0.2, 0.25) is 5.15 Å². The first-order chi connectivity index (χ1) is 12.6. The molecule has 0 unspecified atom stereocenters. The second-order valence-corrected chi connectivity index (χ2v) is 7.49. The van der Waals surface area contributed by atoms with Gasteiger partial charge in [-0.25, -0.2) is 0 Å². The molecule has 26 heavy (non-hydrogen) atoms. The SMILES string of the molecule is Cc1ccccc1Oc1nc(NSc2cnn(C)c2)nc(Cl)c1C1CC1. The molecule has 2 heterocycles. The number of nitrogens with one attached hydrogen (secondary N) is 1. The fourth-order valence-electron chi connectivity index (χ4n) is 2.59. The molecule has 1 aromatic carbocycles. The molecule has 1 aliphatic carbocycles. The van der Waals surface area contributed by atoms with Crippen LogP contribution < -0.4 is 9.46 Å². The first-order valence-corrected chi connectivity index (χ1v) is 9.52. The van der Waals surface area contributed by atoms with E-state index >= 15 is 0 Å². The van der Waals surface area contributed by atoms with Gasteiger partial charge in [0.2, 0.25) is 11.8 Å². The Labute approximate surface area is 161 Å². The van der Waals surface area contributed by atoms with Gasteiger partial charge in [0.15, 0.2) is 0 Å². The lowest BCUT2D eigenvalue weighted by molar-refractivity contribution is 0.452. The summed E-state index contributed by atoms with van der Waals surface area (Å²) in [7, 11) is 1.87. The van der Waals surface area contributed by atoms with Crippen molar-refractivity contribution in [3.63, 3.8) is 0 Å². The minimum absolute atomic E-state index is 0.376. The van der Waals surface area contributed by atoms with Crippen molar-refractivity contribution in [2.24, 2.45) is 7.05 Å². The van der Waals surface area contributed by atoms with E-state index in [2.05, 4.69) is 19.8 Å². The number of aromatic nitrogens is 4. The first-order valence-electron chi connectivity index (χ1n) is 8.32. The molecular formula is C18H18ClN5OS. The van der Waals surface area contributed by atoms with Gasteiger partial charge in [-0.2, -0.15) is 15.1 Å². The first kappa shape index (κ1) is 17.2. The number of aryl methyl sites for hydroxylation is 2. The molecule has 0 aliphatic heterocycles. The second-order valence-electron chi connectivity index (χ2n) is 6.25. The van der Waals surface area contributed by atoms with Crippen LogP contribution in [0, 0.1) is 6.92 Å². The van der Waals surface area contributed by atoms with Crippen LogP contribution in [0.3, 0.4) is 0 Å². The Balaban J connectivity index is 1.62. The van der Waals surface area contributed by atoms with Gasteiger partial charge in [-0.1, -0.05) is 29.8 Å². The fourth-order valence-corrected chi connectivity index (χ4v) is 3.51. The summed E-state index contributed by atoms with van der Waals surface area (Å²) in [4.78, 5) is 9.93. The van der Waals surface area contributed by atoms with E-state index in [9.17, 15) is 0 Å². The minimum Gasteiger partial charge on any atom is -0.438 e. The molecule has 3 aromatic rings. The Hall–Kier alpha value is -2.25. The van der Waals surface area contributed by atoms with Crippen molar-refractivity contribution in [1.29, 1.82) is 0 Å². The largest absolute Gasteiger partial charge is 0.438 e. The second kappa shape index (κ2) is 7.17. The van der Waals surface area contributed by atoms with Crippen molar-refractivity contribution in [3.8, 4) is 11.6 Å². The van der Waals surface area contributed by atoms with E-state index < -0.39 is 0 Å². The normalized spacial score (nSPS) is 13.7. The lowest BCUT2D eigenvalue weighted by atomic mass is 10.2. The highest BCUT2D eigenvalue weighted by molar-refractivity contribution is 8.00. The highest BCUT2D eigenvalue weighted by Gasteiger charge is 2.32. The zero-order chi connectivity index (χ0) is 18.1. The zero-order valence-electron chi connectivity index (χ0n) is 14.4. The third kappa shape index (κ3) is 3.78. The van der Waals surface area contributed by atoms with Gasteiger partial charge < -0.3 is 4.74 Å². The van der Waals surface area contributed by atoms with E-state index in [0.29, 0.717) is 22.9 Å². The van der Waals surface area contributed by atoms with Gasteiger partial charge in [0.25, 0.3) is 0 Å². The molecule has 2 aromatic heterocycles. The summed E-state index contributed by atoms with van der Waals surface area (Å²) in [6.45, 7) is 2.01. The van der Waals surface area contributed by atoms with E-state index in [1.807, 2.05) is 44.4 Å². The summed E-state index contributed by atoms with van der Waals surface area (Å²) in [5, 5.41) is 4.58. The summed E-state index contributed by atoms with van der Waals surface area (Å²) < 4.78 is 11.0. The Kier molecular flexibility index (Phi) is 4.74. The number of hydrogen-bond acceptors (Lipinski definition) is 6. The quantitative estimate of drug-likeness (QED) is 0.476. The minimum atomic E-state index is 0.376. The van der Waals surface area contributed by atoms with Gasteiger partial charge in [-0.15, -0.1) is 0 Å². The number of ether oxygens (including phenoxy) is 1. The Bertz CT molecular complexity index is 941. The third-order valence-corrected chi connectivity index (χ3v) is 5.11. The number of halogens is 1. The van der Waals surface area contributed by atoms with Crippen LogP contribution in [0.4, 0.5) is 5.95 Å². The van der Waals surface area contributed by atoms with E-state index in [-0.39, 0.29) is 0 Å². The van der Waals surface area contributed by atoms with Gasteiger partial charge in [0.05, 0.1) is 16.7 Å². The predicted octanol–water partition coefficient (Wildman–Crippen LogP) is 4.96. The molecule has 0 amide bonds. The van der Waals surface area contributed by atoms with Crippen LogP contribution in [-0.4, -0.2) is 19.7 Å². The standard InChI is InChI=1S/C18H18ClN5OS/c1-11-5-3-4-6-14(11)25-17-15(12-7-8-12)16(19)21-18(22-17)23-26-13-9-20-24(2)10-13/h3-6,9-10,12H,7-8H2,1-2H3,(H,21,22,23). The number of anilines is 1. The van der Waals surface area contributed by atoms with Crippen molar-refractivity contribution >= 4 is 29.5 Å². The molecule has 1 fully saturated rings. The van der Waals surface area contributed by atoms with E-state index in [1.54, 1.807) is 10.9 Å². The highest BCUT2D eigenvalue weighted by atomic mass is 35.5. The number of rotatable bonds is 6. The smallest absolute Gasteiger partial charge is 0.237 e. The molecule has 6 nitrogen and oxygen atoms in total. The molecule has 134 valence electrons. The summed E-state index contributed by atoms with van der Waals surface area (Å²) in [5.41, 5.74) is 1.94. The molecule has 0 bridgehead atoms. The monoisotopic (exact) mass is 387 g/mol. The van der Waals surface area contributed by atoms with Crippen LogP contribution in [-0.2, 0) is 7.05 Å². The van der Waals surface area contributed by atoms with Crippen LogP contribution in [0.15, 0.2) is 41.6 Å². The van der Waals surface area contributed by atoms with Crippen LogP contribution >= 0.6 is 23.5 Å². The van der Waals surface area contributed by atoms with E-state index in [4.69, 9.17) is 16.3 Å². The average molecular weight is 388 g/mol. The van der Waals surface area contributed by atoms with Crippen molar-refractivity contribution in [3.05, 3.63) is 52.9 Å². The molecular weight excluding hydrogens is 370 g/mol. The maximum absolute atomic E-state index is 6.46. The summed E-state index contributed by atoms with van der Waals surface area (Å²) in [6.07, 6.45) is 5.85. The lowest BCUT2D eigenvalue weighted by Gasteiger charge is -2.14. The number of nitrogens with zero attached hydrogens (tertiary/aromatic N) is 4. The van der Waals surface area contributed by atoms with Gasteiger partial charge in [-0.05, 0) is 49.3 Å². The molecule has 0 saturated heterocycles. The number of benzene rings is 1. The van der Waals surface area contributed by atoms with E-state index in [1.165, 1.54) is 11.9 Å². The highest BCUT2D eigenvalue weighted by Crippen LogP contribution is 2.47. The molecule has 1 aliphatic rings. The number of hydrogen-bond donors (Lipinski definition) is 1.